The van der Waals surface area contributed by atoms with Crippen LogP contribution in [-0.4, -0.2) is 72.5 Å². The van der Waals surface area contributed by atoms with Gasteiger partial charge in [0.05, 0.1) is 5.02 Å². The van der Waals surface area contributed by atoms with Crippen LogP contribution < -0.4 is 10.2 Å². The summed E-state index contributed by atoms with van der Waals surface area (Å²) in [6.45, 7) is 5.03. The summed E-state index contributed by atoms with van der Waals surface area (Å²) in [6, 6.07) is 8.93. The second-order valence-corrected chi connectivity index (χ2v) is 9.22. The average molecular weight is 489 g/mol. The molecule has 1 amide bonds. The maximum Gasteiger partial charge on any atom is 0.223 e. The minimum atomic E-state index is -0.726. The molecule has 0 saturated carbocycles. The summed E-state index contributed by atoms with van der Waals surface area (Å²) in [5.41, 5.74) is 1.20. The highest BCUT2D eigenvalue weighted by Gasteiger charge is 2.24. The highest BCUT2D eigenvalue weighted by atomic mass is 35.5. The Bertz CT molecular complexity index is 976. The van der Waals surface area contributed by atoms with Gasteiger partial charge in [0, 0.05) is 75.7 Å². The van der Waals surface area contributed by atoms with Crippen LogP contribution in [0.15, 0.2) is 41.7 Å². The van der Waals surface area contributed by atoms with Crippen LogP contribution in [0, 0.1) is 4.91 Å². The van der Waals surface area contributed by atoms with Gasteiger partial charge in [0.15, 0.2) is 0 Å². The molecule has 10 heteroatoms. The number of nitroso groups, excluding NO2 is 1. The van der Waals surface area contributed by atoms with Crippen molar-refractivity contribution in [3.63, 3.8) is 0 Å². The van der Waals surface area contributed by atoms with Crippen molar-refractivity contribution in [2.45, 2.75) is 32.0 Å². The number of nitrogens with zero attached hydrogens (tertiary/aromatic N) is 5. The number of benzene rings is 1. The average Bonchev–Trinajstić information content (AvgIpc) is 2.88. The fraction of sp³-hybridized carbons (Fsp3) is 0.500. The monoisotopic (exact) mass is 488 g/mol. The minimum absolute atomic E-state index is 0.136. The number of aromatic nitrogens is 1. The van der Waals surface area contributed by atoms with Crippen LogP contribution in [0.3, 0.4) is 0 Å². The van der Waals surface area contributed by atoms with E-state index >= 15 is 0 Å². The lowest BCUT2D eigenvalue weighted by atomic mass is 10.0. The largest absolute Gasteiger partial charge is 0.382 e. The van der Waals surface area contributed by atoms with Gasteiger partial charge in [-0.2, -0.15) is 0 Å². The number of amides is 1. The first-order chi connectivity index (χ1) is 16.6. The van der Waals surface area contributed by atoms with E-state index in [9.17, 15) is 14.1 Å². The van der Waals surface area contributed by atoms with Crippen molar-refractivity contribution in [1.82, 2.24) is 14.8 Å². The Balaban J connectivity index is 1.17. The highest BCUT2D eigenvalue weighted by molar-refractivity contribution is 6.30. The molecular weight excluding hydrogens is 459 g/mol. The van der Waals surface area contributed by atoms with Gasteiger partial charge in [0.25, 0.3) is 0 Å². The maximum absolute atomic E-state index is 13.1. The van der Waals surface area contributed by atoms with E-state index in [1.165, 1.54) is 6.07 Å². The van der Waals surface area contributed by atoms with Crippen molar-refractivity contribution in [3.05, 3.63) is 52.0 Å². The summed E-state index contributed by atoms with van der Waals surface area (Å²) in [7, 11) is 0. The number of hydrogen-bond donors (Lipinski definition) is 1. The Morgan fingerprint density at radius 2 is 1.88 bits per heavy atom. The van der Waals surface area contributed by atoms with E-state index in [2.05, 4.69) is 25.3 Å². The first kappa shape index (κ1) is 24.3. The molecule has 182 valence electrons. The molecule has 4 rings (SSSR count). The molecule has 2 aliphatic heterocycles. The SMILES string of the molecule is O=Nc1ccc(NC2CCN(C(=O)CCN3CCN(c4ccc(Cl)cn4)CC3)CC2)cc1CF. The molecule has 2 saturated heterocycles. The Labute approximate surface area is 204 Å². The van der Waals surface area contributed by atoms with Gasteiger partial charge in [-0.15, -0.1) is 4.91 Å². The molecule has 1 aromatic carbocycles. The van der Waals surface area contributed by atoms with Crippen LogP contribution in [0.4, 0.5) is 21.6 Å². The van der Waals surface area contributed by atoms with Crippen molar-refractivity contribution >= 4 is 34.7 Å². The molecule has 0 unspecified atom stereocenters. The standard InChI is InChI=1S/C24H30ClFN6O2/c25-19-1-4-23(27-17-19)31-13-11-30(12-14-31)8-7-24(33)32-9-5-20(6-10-32)28-21-2-3-22(29-34)18(15-21)16-26/h1-4,15,17,20,28H,5-14,16H2. The van der Waals surface area contributed by atoms with Gasteiger partial charge in [-0.1, -0.05) is 11.6 Å². The van der Waals surface area contributed by atoms with Crippen LogP contribution in [0.2, 0.25) is 5.02 Å². The topological polar surface area (TPSA) is 81.1 Å². The molecule has 0 spiro atoms. The van der Waals surface area contributed by atoms with E-state index in [0.29, 0.717) is 24.5 Å². The number of carbonyl (C=O) groups is 1. The molecule has 0 atom stereocenters. The lowest BCUT2D eigenvalue weighted by Crippen LogP contribution is -2.48. The van der Waals surface area contributed by atoms with E-state index in [4.69, 9.17) is 11.6 Å². The molecule has 0 aliphatic carbocycles. The smallest absolute Gasteiger partial charge is 0.223 e. The Morgan fingerprint density at radius 3 is 2.53 bits per heavy atom. The van der Waals surface area contributed by atoms with Crippen LogP contribution in [0.5, 0.6) is 0 Å². The van der Waals surface area contributed by atoms with E-state index in [0.717, 1.165) is 57.1 Å². The number of pyridine rings is 1. The Hall–Kier alpha value is -2.78. The molecule has 0 bridgehead atoms. The number of hydrogen-bond acceptors (Lipinski definition) is 7. The summed E-state index contributed by atoms with van der Waals surface area (Å²) < 4.78 is 13.1. The minimum Gasteiger partial charge on any atom is -0.382 e. The predicted octanol–water partition coefficient (Wildman–Crippen LogP) is 4.22. The lowest BCUT2D eigenvalue weighted by molar-refractivity contribution is -0.132. The van der Waals surface area contributed by atoms with Gasteiger partial charge in [-0.05, 0) is 48.4 Å². The second kappa shape index (κ2) is 11.6. The van der Waals surface area contributed by atoms with Gasteiger partial charge >= 0.3 is 0 Å². The summed E-state index contributed by atoms with van der Waals surface area (Å²) >= 11 is 5.92. The van der Waals surface area contributed by atoms with E-state index in [-0.39, 0.29) is 23.2 Å². The van der Waals surface area contributed by atoms with Crippen LogP contribution in [0.25, 0.3) is 0 Å². The molecule has 1 N–H and O–H groups in total. The van der Waals surface area contributed by atoms with Gasteiger partial charge < -0.3 is 15.1 Å². The van der Waals surface area contributed by atoms with E-state index in [1.54, 1.807) is 18.3 Å². The third kappa shape index (κ3) is 6.21. The molecule has 8 nitrogen and oxygen atoms in total. The summed E-state index contributed by atoms with van der Waals surface area (Å²) in [4.78, 5) is 34.4. The van der Waals surface area contributed by atoms with Crippen molar-refractivity contribution in [2.75, 3.05) is 56.0 Å². The van der Waals surface area contributed by atoms with Crippen molar-refractivity contribution in [3.8, 4) is 0 Å². The number of alkyl halides is 1. The quantitative estimate of drug-likeness (QED) is 0.560. The molecule has 34 heavy (non-hydrogen) atoms. The fourth-order valence-corrected chi connectivity index (χ4v) is 4.66. The van der Waals surface area contributed by atoms with Crippen molar-refractivity contribution in [1.29, 1.82) is 0 Å². The summed E-state index contributed by atoms with van der Waals surface area (Å²) in [5.74, 6) is 1.13. The van der Waals surface area contributed by atoms with Crippen LogP contribution in [-0.2, 0) is 11.5 Å². The maximum atomic E-state index is 13.1. The third-order valence-electron chi connectivity index (χ3n) is 6.59. The number of anilines is 2. The third-order valence-corrected chi connectivity index (χ3v) is 6.81. The Morgan fingerprint density at radius 1 is 1.12 bits per heavy atom. The van der Waals surface area contributed by atoms with Crippen LogP contribution in [0.1, 0.15) is 24.8 Å². The van der Waals surface area contributed by atoms with E-state index in [1.807, 2.05) is 17.0 Å². The zero-order valence-electron chi connectivity index (χ0n) is 19.1. The van der Waals surface area contributed by atoms with Crippen molar-refractivity contribution < 1.29 is 9.18 Å². The summed E-state index contributed by atoms with van der Waals surface area (Å²) in [6.07, 6.45) is 3.86. The summed E-state index contributed by atoms with van der Waals surface area (Å²) in [5, 5.41) is 6.89. The fourth-order valence-electron chi connectivity index (χ4n) is 4.55. The number of carbonyl (C=O) groups excluding carboxylic acids is 1. The number of nitrogens with one attached hydrogen (secondary N) is 1. The van der Waals surface area contributed by atoms with E-state index < -0.39 is 6.67 Å². The number of halogens is 2. The molecule has 0 radical (unpaired) electrons. The number of piperidine rings is 1. The van der Waals surface area contributed by atoms with Gasteiger partial charge in [-0.25, -0.2) is 9.37 Å². The Kier molecular flexibility index (Phi) is 8.29. The first-order valence-corrected chi connectivity index (χ1v) is 12.1. The second-order valence-electron chi connectivity index (χ2n) is 8.78. The lowest BCUT2D eigenvalue weighted by Gasteiger charge is -2.36. The van der Waals surface area contributed by atoms with Crippen molar-refractivity contribution in [2.24, 2.45) is 5.18 Å². The van der Waals surface area contributed by atoms with Gasteiger partial charge in [0.2, 0.25) is 5.91 Å². The molecule has 2 aromatic rings. The molecule has 2 fully saturated rings. The normalized spacial score (nSPS) is 17.6. The zero-order chi connectivity index (χ0) is 23.9. The molecular formula is C24H30ClFN6O2. The van der Waals surface area contributed by atoms with Crippen LogP contribution >= 0.6 is 11.6 Å². The number of piperazine rings is 1. The van der Waals surface area contributed by atoms with Gasteiger partial charge in [0.1, 0.15) is 18.2 Å². The molecule has 2 aliphatic rings. The molecule has 1 aromatic heterocycles. The highest BCUT2D eigenvalue weighted by Crippen LogP contribution is 2.26. The number of rotatable bonds is 8. The first-order valence-electron chi connectivity index (χ1n) is 11.7. The molecule has 3 heterocycles. The van der Waals surface area contributed by atoms with Gasteiger partial charge in [-0.3, -0.25) is 9.69 Å². The predicted molar refractivity (Wildman–Crippen MR) is 132 cm³/mol. The number of likely N-dealkylation sites (tertiary alicyclic amines) is 1. The zero-order valence-corrected chi connectivity index (χ0v) is 19.9.